The molecule has 1 aromatic heterocycles. The summed E-state index contributed by atoms with van der Waals surface area (Å²) < 4.78 is 18.9. The van der Waals surface area contributed by atoms with Gasteiger partial charge in [0.2, 0.25) is 0 Å². The van der Waals surface area contributed by atoms with E-state index in [2.05, 4.69) is 10.6 Å². The molecule has 0 bridgehead atoms. The molecular weight excluding hydrogens is 409 g/mol. The smallest absolute Gasteiger partial charge is 0.319 e. The third-order valence-electron chi connectivity index (χ3n) is 5.61. The van der Waals surface area contributed by atoms with E-state index in [1.807, 2.05) is 31.2 Å². The fourth-order valence-corrected chi connectivity index (χ4v) is 3.84. The topological polar surface area (TPSA) is 74.6 Å². The van der Waals surface area contributed by atoms with Crippen LogP contribution in [-0.4, -0.2) is 36.5 Å². The van der Waals surface area contributed by atoms with Crippen molar-refractivity contribution in [3.8, 4) is 11.3 Å². The number of piperidine rings is 1. The van der Waals surface area contributed by atoms with E-state index in [4.69, 9.17) is 4.42 Å². The van der Waals surface area contributed by atoms with E-state index >= 15 is 0 Å². The molecule has 1 fully saturated rings. The first-order chi connectivity index (χ1) is 15.5. The van der Waals surface area contributed by atoms with Crippen molar-refractivity contribution < 1.29 is 18.4 Å². The summed E-state index contributed by atoms with van der Waals surface area (Å²) in [6.45, 7) is 3.68. The van der Waals surface area contributed by atoms with Crippen LogP contribution >= 0.6 is 0 Å². The molecule has 0 saturated carbocycles. The number of rotatable bonds is 5. The number of urea groups is 1. The third-order valence-corrected chi connectivity index (χ3v) is 5.61. The van der Waals surface area contributed by atoms with Crippen LogP contribution < -0.4 is 10.6 Å². The molecule has 1 unspecified atom stereocenters. The molecule has 1 atom stereocenters. The Morgan fingerprint density at radius 1 is 1.06 bits per heavy atom. The van der Waals surface area contributed by atoms with Gasteiger partial charge in [-0.15, -0.1) is 0 Å². The minimum atomic E-state index is -0.322. The first-order valence-corrected chi connectivity index (χ1v) is 10.7. The molecule has 6 nitrogen and oxygen atoms in total. The van der Waals surface area contributed by atoms with Crippen LogP contribution in [-0.2, 0) is 0 Å². The Balaban J connectivity index is 1.30. The highest BCUT2D eigenvalue weighted by molar-refractivity contribution is 5.92. The molecule has 4 rings (SSSR count). The van der Waals surface area contributed by atoms with Crippen LogP contribution in [0.25, 0.3) is 11.3 Å². The van der Waals surface area contributed by atoms with Gasteiger partial charge in [0.25, 0.3) is 5.91 Å². The zero-order chi connectivity index (χ0) is 22.5. The monoisotopic (exact) mass is 435 g/mol. The highest BCUT2D eigenvalue weighted by atomic mass is 19.1. The second-order valence-corrected chi connectivity index (χ2v) is 8.13. The molecule has 2 aromatic carbocycles. The molecule has 3 aromatic rings. The Morgan fingerprint density at radius 2 is 1.81 bits per heavy atom. The zero-order valence-electron chi connectivity index (χ0n) is 17.9. The number of hydrogen-bond acceptors (Lipinski definition) is 3. The van der Waals surface area contributed by atoms with E-state index in [9.17, 15) is 14.0 Å². The van der Waals surface area contributed by atoms with E-state index in [0.29, 0.717) is 31.0 Å². The van der Waals surface area contributed by atoms with Crippen molar-refractivity contribution in [1.82, 2.24) is 10.2 Å². The number of carbonyl (C=O) groups is 2. The molecular formula is C25H26FN3O3. The van der Waals surface area contributed by atoms with Crippen LogP contribution in [0.3, 0.4) is 0 Å². The standard InChI is InChI=1S/C25H26FN3O3/c1-17-4-10-21(11-5-17)28-25(31)27-15-18-3-2-14-29(16-18)24(30)23-13-12-22(32-23)19-6-8-20(26)9-7-19/h4-13,18H,2-3,14-16H2,1H3,(H2,27,28,31). The molecule has 7 heteroatoms. The minimum absolute atomic E-state index is 0.169. The SMILES string of the molecule is Cc1ccc(NC(=O)NCC2CCCN(C(=O)c3ccc(-c4ccc(F)cc4)o3)C2)cc1. The van der Waals surface area contributed by atoms with Gasteiger partial charge in [-0.05, 0) is 74.2 Å². The molecule has 3 amide bonds. The number of carbonyl (C=O) groups excluding carboxylic acids is 2. The summed E-state index contributed by atoms with van der Waals surface area (Å²) in [6.07, 6.45) is 1.80. The summed E-state index contributed by atoms with van der Waals surface area (Å²) in [6, 6.07) is 16.7. The quantitative estimate of drug-likeness (QED) is 0.588. The lowest BCUT2D eigenvalue weighted by atomic mass is 9.98. The van der Waals surface area contributed by atoms with E-state index in [-0.39, 0.29) is 29.4 Å². The molecule has 166 valence electrons. The van der Waals surface area contributed by atoms with Crippen LogP contribution in [0.15, 0.2) is 65.1 Å². The molecule has 0 aliphatic carbocycles. The van der Waals surface area contributed by atoms with Gasteiger partial charge in [0.1, 0.15) is 11.6 Å². The average Bonchev–Trinajstić information content (AvgIpc) is 3.30. The van der Waals surface area contributed by atoms with Crippen LogP contribution in [0.1, 0.15) is 29.0 Å². The van der Waals surface area contributed by atoms with E-state index in [0.717, 1.165) is 24.1 Å². The van der Waals surface area contributed by atoms with Gasteiger partial charge in [-0.25, -0.2) is 9.18 Å². The summed E-state index contributed by atoms with van der Waals surface area (Å²) >= 11 is 0. The summed E-state index contributed by atoms with van der Waals surface area (Å²) in [4.78, 5) is 26.9. The van der Waals surface area contributed by atoms with E-state index < -0.39 is 0 Å². The van der Waals surface area contributed by atoms with Crippen molar-refractivity contribution in [1.29, 1.82) is 0 Å². The van der Waals surface area contributed by atoms with Gasteiger partial charge >= 0.3 is 6.03 Å². The van der Waals surface area contributed by atoms with Crippen molar-refractivity contribution in [3.63, 3.8) is 0 Å². The number of benzene rings is 2. The summed E-state index contributed by atoms with van der Waals surface area (Å²) in [5.41, 5.74) is 2.58. The van der Waals surface area contributed by atoms with Gasteiger partial charge in [-0.3, -0.25) is 4.79 Å². The van der Waals surface area contributed by atoms with Crippen LogP contribution in [0, 0.1) is 18.7 Å². The fourth-order valence-electron chi connectivity index (χ4n) is 3.84. The first kappa shape index (κ1) is 21.6. The third kappa shape index (κ3) is 5.35. The summed E-state index contributed by atoms with van der Waals surface area (Å²) in [5, 5.41) is 5.72. The number of nitrogens with one attached hydrogen (secondary N) is 2. The summed E-state index contributed by atoms with van der Waals surface area (Å²) in [7, 11) is 0. The maximum Gasteiger partial charge on any atom is 0.319 e. The highest BCUT2D eigenvalue weighted by Gasteiger charge is 2.26. The minimum Gasteiger partial charge on any atom is -0.451 e. The average molecular weight is 435 g/mol. The lowest BCUT2D eigenvalue weighted by molar-refractivity contribution is 0.0644. The molecule has 0 spiro atoms. The van der Waals surface area contributed by atoms with E-state index in [1.165, 1.54) is 12.1 Å². The number of furan rings is 1. The lowest BCUT2D eigenvalue weighted by Crippen LogP contribution is -2.44. The number of hydrogen-bond donors (Lipinski definition) is 2. The predicted octanol–water partition coefficient (Wildman–Crippen LogP) is 5.07. The number of likely N-dealkylation sites (tertiary alicyclic amines) is 1. The Bertz CT molecular complexity index is 1080. The number of anilines is 1. The van der Waals surface area contributed by atoms with Gasteiger partial charge in [0.15, 0.2) is 5.76 Å². The normalized spacial score (nSPS) is 15.9. The van der Waals surface area contributed by atoms with Gasteiger partial charge in [-0.2, -0.15) is 0 Å². The molecule has 1 saturated heterocycles. The predicted molar refractivity (Wildman–Crippen MR) is 121 cm³/mol. The Labute approximate surface area is 186 Å². The van der Waals surface area contributed by atoms with E-state index in [1.54, 1.807) is 29.2 Å². The van der Waals surface area contributed by atoms with Crippen LogP contribution in [0.5, 0.6) is 0 Å². The Morgan fingerprint density at radius 3 is 2.56 bits per heavy atom. The number of amides is 3. The van der Waals surface area contributed by atoms with Crippen molar-refractivity contribution in [2.45, 2.75) is 19.8 Å². The molecule has 2 heterocycles. The summed E-state index contributed by atoms with van der Waals surface area (Å²) in [5.74, 6) is 0.457. The van der Waals surface area contributed by atoms with Crippen LogP contribution in [0.2, 0.25) is 0 Å². The van der Waals surface area contributed by atoms with Crippen molar-refractivity contribution in [2.75, 3.05) is 25.0 Å². The maximum atomic E-state index is 13.1. The Hall–Kier alpha value is -3.61. The highest BCUT2D eigenvalue weighted by Crippen LogP contribution is 2.25. The molecule has 1 aliphatic heterocycles. The van der Waals surface area contributed by atoms with Crippen molar-refractivity contribution >= 4 is 17.6 Å². The number of aryl methyl sites for hydroxylation is 1. The second kappa shape index (κ2) is 9.68. The zero-order valence-corrected chi connectivity index (χ0v) is 17.9. The number of nitrogens with zero attached hydrogens (tertiary/aromatic N) is 1. The lowest BCUT2D eigenvalue weighted by Gasteiger charge is -2.32. The molecule has 2 N–H and O–H groups in total. The largest absolute Gasteiger partial charge is 0.451 e. The van der Waals surface area contributed by atoms with Gasteiger partial charge in [0, 0.05) is 30.9 Å². The maximum absolute atomic E-state index is 13.1. The molecule has 0 radical (unpaired) electrons. The second-order valence-electron chi connectivity index (χ2n) is 8.13. The van der Waals surface area contributed by atoms with Gasteiger partial charge < -0.3 is 20.0 Å². The van der Waals surface area contributed by atoms with Crippen molar-refractivity contribution in [3.05, 3.63) is 77.8 Å². The van der Waals surface area contributed by atoms with Crippen molar-refractivity contribution in [2.24, 2.45) is 5.92 Å². The molecule has 32 heavy (non-hydrogen) atoms. The molecule has 1 aliphatic rings. The number of halogens is 1. The Kier molecular flexibility index (Phi) is 6.54. The van der Waals surface area contributed by atoms with Crippen LogP contribution in [0.4, 0.5) is 14.9 Å². The van der Waals surface area contributed by atoms with Gasteiger partial charge in [0.05, 0.1) is 0 Å². The van der Waals surface area contributed by atoms with Gasteiger partial charge in [-0.1, -0.05) is 17.7 Å². The first-order valence-electron chi connectivity index (χ1n) is 10.7. The fraction of sp³-hybridized carbons (Fsp3) is 0.280.